The van der Waals surface area contributed by atoms with Gasteiger partial charge in [0.15, 0.2) is 9.84 Å². The lowest BCUT2D eigenvalue weighted by Crippen LogP contribution is -2.23. The fourth-order valence-electron chi connectivity index (χ4n) is 1.94. The van der Waals surface area contributed by atoms with Crippen LogP contribution in [0.1, 0.15) is 22.8 Å². The van der Waals surface area contributed by atoms with Crippen molar-refractivity contribution in [1.29, 1.82) is 0 Å². The van der Waals surface area contributed by atoms with E-state index in [1.807, 2.05) is 6.92 Å². The lowest BCUT2D eigenvalue weighted by atomic mass is 10.2. The van der Waals surface area contributed by atoms with Crippen LogP contribution in [-0.4, -0.2) is 32.7 Å². The van der Waals surface area contributed by atoms with Gasteiger partial charge in [-0.15, -0.1) is 11.3 Å². The van der Waals surface area contributed by atoms with Crippen LogP contribution in [0.15, 0.2) is 40.6 Å². The summed E-state index contributed by atoms with van der Waals surface area (Å²) in [7, 11) is -3.75. The molecule has 0 saturated heterocycles. The van der Waals surface area contributed by atoms with Gasteiger partial charge in [0.1, 0.15) is 10.8 Å². The fraction of sp³-hybridized carbons (Fsp3) is 0.250. The number of nitrogens with one attached hydrogen (secondary N) is 1. The van der Waals surface area contributed by atoms with Crippen molar-refractivity contribution in [3.8, 4) is 0 Å². The molecule has 2 rings (SSSR count). The Bertz CT molecular complexity index is 838. The normalized spacial score (nSPS) is 11.1. The van der Waals surface area contributed by atoms with E-state index in [0.29, 0.717) is 0 Å². The highest BCUT2D eigenvalue weighted by molar-refractivity contribution is 7.92. The van der Waals surface area contributed by atoms with Crippen LogP contribution in [0.25, 0.3) is 0 Å². The third kappa shape index (κ3) is 4.42. The van der Waals surface area contributed by atoms with E-state index in [0.717, 1.165) is 16.9 Å². The molecule has 2 aromatic rings. The van der Waals surface area contributed by atoms with E-state index in [1.54, 1.807) is 24.4 Å². The summed E-state index contributed by atoms with van der Waals surface area (Å²) in [4.78, 5) is 23.9. The largest absolute Gasteiger partial charge is 0.462 e. The number of esters is 1. The summed E-state index contributed by atoms with van der Waals surface area (Å²) in [5.41, 5.74) is 1.14. The third-order valence-electron chi connectivity index (χ3n) is 3.11. The molecule has 1 heterocycles. The summed E-state index contributed by atoms with van der Waals surface area (Å²) < 4.78 is 29.4. The Hall–Kier alpha value is -2.19. The lowest BCUT2D eigenvalue weighted by Gasteiger charge is -2.07. The summed E-state index contributed by atoms with van der Waals surface area (Å²) in [5.74, 6) is -1.96. The Morgan fingerprint density at radius 1 is 1.17 bits per heavy atom. The molecule has 0 atom stereocenters. The zero-order valence-corrected chi connectivity index (χ0v) is 14.9. The quantitative estimate of drug-likeness (QED) is 0.793. The Morgan fingerprint density at radius 2 is 1.83 bits per heavy atom. The number of anilines is 1. The summed E-state index contributed by atoms with van der Waals surface area (Å²) >= 11 is 1.13. The molecule has 6 nitrogen and oxygen atoms in total. The van der Waals surface area contributed by atoms with Crippen molar-refractivity contribution in [2.24, 2.45) is 0 Å². The van der Waals surface area contributed by atoms with Gasteiger partial charge in [-0.3, -0.25) is 4.79 Å². The number of carbonyl (C=O) groups is 2. The molecule has 128 valence electrons. The van der Waals surface area contributed by atoms with E-state index in [9.17, 15) is 18.0 Å². The summed E-state index contributed by atoms with van der Waals surface area (Å²) in [5, 5.41) is 4.36. The number of sulfone groups is 1. The first-order valence-corrected chi connectivity index (χ1v) is 9.70. The van der Waals surface area contributed by atoms with Crippen LogP contribution in [0.3, 0.4) is 0 Å². The highest BCUT2D eigenvalue weighted by Gasteiger charge is 2.22. The van der Waals surface area contributed by atoms with E-state index in [2.05, 4.69) is 5.32 Å². The molecule has 24 heavy (non-hydrogen) atoms. The Kier molecular flexibility index (Phi) is 5.74. The average Bonchev–Trinajstić information content (AvgIpc) is 2.95. The van der Waals surface area contributed by atoms with Crippen LogP contribution in [0.2, 0.25) is 0 Å². The van der Waals surface area contributed by atoms with Gasteiger partial charge in [-0.2, -0.15) is 0 Å². The van der Waals surface area contributed by atoms with E-state index in [1.165, 1.54) is 18.2 Å². The van der Waals surface area contributed by atoms with Crippen LogP contribution in [-0.2, 0) is 19.4 Å². The van der Waals surface area contributed by atoms with Crippen LogP contribution >= 0.6 is 11.3 Å². The maximum atomic E-state index is 12.3. The van der Waals surface area contributed by atoms with Gasteiger partial charge in [-0.1, -0.05) is 17.7 Å². The highest BCUT2D eigenvalue weighted by Crippen LogP contribution is 2.24. The molecule has 0 radical (unpaired) electrons. The SMILES string of the molecule is CCOC(=O)c1ccsc1NC(=O)CS(=O)(=O)c1ccc(C)cc1. The minimum atomic E-state index is -3.75. The van der Waals surface area contributed by atoms with E-state index in [-0.39, 0.29) is 22.1 Å². The number of aryl methyl sites for hydroxylation is 1. The van der Waals surface area contributed by atoms with Gasteiger partial charge in [-0.05, 0) is 37.4 Å². The third-order valence-corrected chi connectivity index (χ3v) is 5.58. The monoisotopic (exact) mass is 367 g/mol. The first-order valence-electron chi connectivity index (χ1n) is 7.17. The van der Waals surface area contributed by atoms with E-state index >= 15 is 0 Å². The predicted octanol–water partition coefficient (Wildman–Crippen LogP) is 2.65. The number of ether oxygens (including phenoxy) is 1. The van der Waals surface area contributed by atoms with Gasteiger partial charge in [0.05, 0.1) is 17.1 Å². The number of benzene rings is 1. The number of rotatable bonds is 6. The standard InChI is InChI=1S/C16H17NO5S2/c1-3-22-16(19)13-8-9-23-15(13)17-14(18)10-24(20,21)12-6-4-11(2)5-7-12/h4-9H,3,10H2,1-2H3,(H,17,18). The molecule has 1 amide bonds. The summed E-state index contributed by atoms with van der Waals surface area (Å²) in [6.07, 6.45) is 0. The van der Waals surface area contributed by atoms with Crippen LogP contribution in [0.4, 0.5) is 5.00 Å². The van der Waals surface area contributed by atoms with Crippen molar-refractivity contribution >= 4 is 38.1 Å². The number of amides is 1. The molecule has 1 N–H and O–H groups in total. The van der Waals surface area contributed by atoms with Gasteiger partial charge in [0.2, 0.25) is 5.91 Å². The van der Waals surface area contributed by atoms with E-state index in [4.69, 9.17) is 4.74 Å². The van der Waals surface area contributed by atoms with Gasteiger partial charge >= 0.3 is 5.97 Å². The maximum Gasteiger partial charge on any atom is 0.341 e. The van der Waals surface area contributed by atoms with Crippen molar-refractivity contribution in [2.75, 3.05) is 17.7 Å². The van der Waals surface area contributed by atoms with Crippen LogP contribution < -0.4 is 5.32 Å². The molecule has 0 aliphatic rings. The Labute approximate surface area is 144 Å². The van der Waals surface area contributed by atoms with Crippen molar-refractivity contribution in [3.63, 3.8) is 0 Å². The number of hydrogen-bond acceptors (Lipinski definition) is 6. The second kappa shape index (κ2) is 7.59. The zero-order valence-electron chi connectivity index (χ0n) is 13.2. The number of thiophene rings is 1. The molecule has 0 saturated carbocycles. The molecule has 8 heteroatoms. The minimum Gasteiger partial charge on any atom is -0.462 e. The first kappa shape index (κ1) is 18.2. The molecule has 1 aromatic heterocycles. The second-order valence-electron chi connectivity index (χ2n) is 5.00. The molecular formula is C16H17NO5S2. The van der Waals surface area contributed by atoms with Gasteiger partial charge in [0, 0.05) is 0 Å². The minimum absolute atomic E-state index is 0.0834. The van der Waals surface area contributed by atoms with Gasteiger partial charge in [0.25, 0.3) is 0 Å². The predicted molar refractivity (Wildman–Crippen MR) is 92.1 cm³/mol. The second-order valence-corrected chi connectivity index (χ2v) is 7.91. The first-order chi connectivity index (χ1) is 11.3. The number of carbonyl (C=O) groups excluding carboxylic acids is 2. The van der Waals surface area contributed by atoms with Crippen molar-refractivity contribution < 1.29 is 22.7 Å². The number of hydrogen-bond donors (Lipinski definition) is 1. The molecular weight excluding hydrogens is 350 g/mol. The average molecular weight is 367 g/mol. The molecule has 0 aliphatic carbocycles. The van der Waals surface area contributed by atoms with Crippen molar-refractivity contribution in [1.82, 2.24) is 0 Å². The molecule has 0 spiro atoms. The molecule has 1 aromatic carbocycles. The fourth-order valence-corrected chi connectivity index (χ4v) is 3.87. The van der Waals surface area contributed by atoms with Crippen LogP contribution in [0, 0.1) is 6.92 Å². The molecule has 0 bridgehead atoms. The summed E-state index contributed by atoms with van der Waals surface area (Å²) in [6, 6.07) is 7.79. The Balaban J connectivity index is 2.10. The smallest absolute Gasteiger partial charge is 0.341 e. The van der Waals surface area contributed by atoms with Gasteiger partial charge < -0.3 is 10.1 Å². The zero-order chi connectivity index (χ0) is 17.7. The summed E-state index contributed by atoms with van der Waals surface area (Å²) in [6.45, 7) is 3.73. The molecule has 0 unspecified atom stereocenters. The Morgan fingerprint density at radius 3 is 2.46 bits per heavy atom. The topological polar surface area (TPSA) is 89.5 Å². The van der Waals surface area contributed by atoms with Gasteiger partial charge in [-0.25, -0.2) is 13.2 Å². The maximum absolute atomic E-state index is 12.3. The van der Waals surface area contributed by atoms with Crippen molar-refractivity contribution in [2.45, 2.75) is 18.7 Å². The highest BCUT2D eigenvalue weighted by atomic mass is 32.2. The molecule has 0 fully saturated rings. The van der Waals surface area contributed by atoms with Crippen molar-refractivity contribution in [3.05, 3.63) is 46.8 Å². The lowest BCUT2D eigenvalue weighted by molar-refractivity contribution is -0.113. The molecule has 0 aliphatic heterocycles. The van der Waals surface area contributed by atoms with E-state index < -0.39 is 27.5 Å². The van der Waals surface area contributed by atoms with Crippen LogP contribution in [0.5, 0.6) is 0 Å².